The predicted molar refractivity (Wildman–Crippen MR) is 205 cm³/mol. The fourth-order valence-electron chi connectivity index (χ4n) is 9.76. The van der Waals surface area contributed by atoms with Crippen molar-refractivity contribution in [2.45, 2.75) is 127 Å². The lowest BCUT2D eigenvalue weighted by Gasteiger charge is -2.53. The molecule has 14 heteroatoms. The van der Waals surface area contributed by atoms with Crippen molar-refractivity contribution in [3.8, 4) is 11.3 Å². The Bertz CT molecular complexity index is 1860. The van der Waals surface area contributed by atoms with Gasteiger partial charge in [-0.25, -0.2) is 19.6 Å². The van der Waals surface area contributed by atoms with E-state index in [1.807, 2.05) is 38.8 Å². The van der Waals surface area contributed by atoms with Crippen molar-refractivity contribution in [1.82, 2.24) is 40.4 Å². The molecule has 0 spiro atoms. The van der Waals surface area contributed by atoms with Gasteiger partial charge in [0.05, 0.1) is 30.6 Å². The number of H-pyrrole nitrogens is 2. The van der Waals surface area contributed by atoms with Crippen molar-refractivity contribution in [3.05, 3.63) is 59.6 Å². The maximum atomic E-state index is 13.6. The van der Waals surface area contributed by atoms with Gasteiger partial charge in [-0.3, -0.25) is 9.59 Å². The third kappa shape index (κ3) is 7.31. The minimum absolute atomic E-state index is 0.0146. The number of nitrogens with zero attached hydrogens (tertiary/aromatic N) is 4. The number of nitrogens with one attached hydrogen (secondary N) is 4. The number of imidazole rings is 2. The number of likely N-dealkylation sites (tertiary alicyclic amines) is 2. The van der Waals surface area contributed by atoms with Gasteiger partial charge >= 0.3 is 12.2 Å². The lowest BCUT2D eigenvalue weighted by molar-refractivity contribution is -0.136. The first-order valence-electron chi connectivity index (χ1n) is 20.0. The van der Waals surface area contributed by atoms with E-state index >= 15 is 0 Å². The first kappa shape index (κ1) is 38.4. The smallest absolute Gasteiger partial charge is 0.407 e. The molecule has 4 atom stereocenters. The van der Waals surface area contributed by atoms with Crippen LogP contribution in [0.4, 0.5) is 9.59 Å². The summed E-state index contributed by atoms with van der Waals surface area (Å²) in [6, 6.07) is 7.02. The lowest BCUT2D eigenvalue weighted by atomic mass is 9.51. The monoisotopic (exact) mass is 756 g/mol. The van der Waals surface area contributed by atoms with Crippen LogP contribution in [0.1, 0.15) is 127 Å². The number of carboxylic acid groups (broad SMARTS) is 1. The van der Waals surface area contributed by atoms with Gasteiger partial charge in [-0.1, -0.05) is 52.0 Å². The maximum absolute atomic E-state index is 13.6. The molecule has 0 radical (unpaired) electrons. The molecule has 1 aromatic carbocycles. The Morgan fingerprint density at radius 2 is 1.27 bits per heavy atom. The van der Waals surface area contributed by atoms with E-state index < -0.39 is 24.3 Å². The number of benzene rings is 1. The van der Waals surface area contributed by atoms with Crippen molar-refractivity contribution in [3.63, 3.8) is 0 Å². The standard InChI is InChI=1S/C41H56N8O6/c1-24(2)32(46-38(52)53)36(50)49-21-7-9-30(49)35-43-23-31(45-35)41-17-14-40(15-18-41,16-19-41)27-12-10-26(11-13-27)28-22-42-34(44-28)29-8-6-20-48(29)37(51)33(25(3)4)47-39(54)55-5/h10-13,22-25,29-30,32-33,46H,6-9,14-21H2,1-5H3,(H,42,44)(H,43,45)(H,47,54)(H,52,53)/t29?,30-,32-,33-,40?,41?/m0/s1. The summed E-state index contributed by atoms with van der Waals surface area (Å²) in [6.07, 6.45) is 11.9. The van der Waals surface area contributed by atoms with Gasteiger partial charge in [0.25, 0.3) is 0 Å². The molecular formula is C41H56N8O6. The van der Waals surface area contributed by atoms with Gasteiger partial charge in [-0.15, -0.1) is 0 Å². The van der Waals surface area contributed by atoms with Crippen LogP contribution >= 0.6 is 0 Å². The van der Waals surface area contributed by atoms with E-state index in [9.17, 15) is 24.3 Å². The number of carbonyl (C=O) groups is 4. The molecule has 2 aromatic heterocycles. The third-order valence-electron chi connectivity index (χ3n) is 13.1. The normalized spacial score (nSPS) is 26.0. The van der Waals surface area contributed by atoms with Gasteiger partial charge in [0.1, 0.15) is 23.7 Å². The molecule has 3 aromatic rings. The number of aromatic nitrogens is 4. The number of hydrogen-bond donors (Lipinski definition) is 5. The first-order chi connectivity index (χ1) is 26.3. The zero-order chi connectivity index (χ0) is 39.1. The molecule has 3 saturated carbocycles. The van der Waals surface area contributed by atoms with Crippen molar-refractivity contribution in [2.75, 3.05) is 20.2 Å². The van der Waals surface area contributed by atoms with E-state index in [1.165, 1.54) is 12.7 Å². The van der Waals surface area contributed by atoms with Crippen LogP contribution in [-0.2, 0) is 25.2 Å². The van der Waals surface area contributed by atoms with Crippen LogP contribution in [0.5, 0.6) is 0 Å². The molecule has 2 saturated heterocycles. The zero-order valence-corrected chi connectivity index (χ0v) is 32.7. The summed E-state index contributed by atoms with van der Waals surface area (Å²) >= 11 is 0. The van der Waals surface area contributed by atoms with E-state index in [4.69, 9.17) is 14.7 Å². The predicted octanol–water partition coefficient (Wildman–Crippen LogP) is 6.34. The van der Waals surface area contributed by atoms with Crippen molar-refractivity contribution in [2.24, 2.45) is 11.8 Å². The Kier molecular flexibility index (Phi) is 10.7. The molecule has 3 aliphatic carbocycles. The van der Waals surface area contributed by atoms with Gasteiger partial charge < -0.3 is 40.2 Å². The van der Waals surface area contributed by atoms with Crippen LogP contribution in [0.3, 0.4) is 0 Å². The van der Waals surface area contributed by atoms with Crippen molar-refractivity contribution >= 4 is 24.0 Å². The number of aromatic amines is 2. The minimum Gasteiger partial charge on any atom is -0.465 e. The Labute approximate surface area is 322 Å². The van der Waals surface area contributed by atoms with Crippen LogP contribution in [0, 0.1) is 11.8 Å². The van der Waals surface area contributed by atoms with Crippen molar-refractivity contribution in [1.29, 1.82) is 0 Å². The quantitative estimate of drug-likeness (QED) is 0.150. The Balaban J connectivity index is 0.997. The third-order valence-corrected chi connectivity index (χ3v) is 13.1. The average Bonchev–Trinajstić information content (AvgIpc) is 4.03. The second-order valence-electron chi connectivity index (χ2n) is 16.9. The van der Waals surface area contributed by atoms with Crippen LogP contribution in [-0.4, -0.2) is 91.1 Å². The second-order valence-corrected chi connectivity index (χ2v) is 16.9. The molecule has 55 heavy (non-hydrogen) atoms. The molecule has 5 N–H and O–H groups in total. The number of fused-ring (bicyclic) bond motifs is 3. The summed E-state index contributed by atoms with van der Waals surface area (Å²) in [5.74, 6) is 0.986. The van der Waals surface area contributed by atoms with E-state index in [-0.39, 0.29) is 46.6 Å². The topological polar surface area (TPSA) is 186 Å². The summed E-state index contributed by atoms with van der Waals surface area (Å²) in [5, 5.41) is 14.5. The van der Waals surface area contributed by atoms with Gasteiger partial charge in [0.15, 0.2) is 0 Å². The average molecular weight is 757 g/mol. The van der Waals surface area contributed by atoms with Crippen LogP contribution in [0.15, 0.2) is 36.7 Å². The highest BCUT2D eigenvalue weighted by Crippen LogP contribution is 2.58. The summed E-state index contributed by atoms with van der Waals surface area (Å²) in [5.41, 5.74) is 4.46. The molecule has 1 unspecified atom stereocenters. The summed E-state index contributed by atoms with van der Waals surface area (Å²) in [7, 11) is 1.30. The van der Waals surface area contributed by atoms with Gasteiger partial charge in [-0.2, -0.15) is 0 Å². The maximum Gasteiger partial charge on any atom is 0.407 e. The number of rotatable bonds is 11. The van der Waals surface area contributed by atoms with E-state index in [0.29, 0.717) is 13.1 Å². The van der Waals surface area contributed by atoms with Gasteiger partial charge in [-0.05, 0) is 87.0 Å². The minimum atomic E-state index is -1.19. The Hall–Kier alpha value is -4.88. The SMILES string of the molecule is COC(=O)N[C@H](C(=O)N1CCCC1c1nc(-c2ccc(C34CCC(c5c[nH]c([C@@H]6CCCN6C(=O)[C@@H](NC(=O)O)C(C)C)n5)(CC3)CC4)cc2)c[nH]1)C(C)C. The number of amides is 4. The number of ether oxygens (including phenoxy) is 1. The first-order valence-corrected chi connectivity index (χ1v) is 20.0. The van der Waals surface area contributed by atoms with Crippen LogP contribution in [0.2, 0.25) is 0 Å². The molecule has 5 aliphatic rings. The highest BCUT2D eigenvalue weighted by atomic mass is 16.5. The zero-order valence-electron chi connectivity index (χ0n) is 32.7. The summed E-state index contributed by atoms with van der Waals surface area (Å²) in [4.78, 5) is 71.0. The molecule has 4 heterocycles. The van der Waals surface area contributed by atoms with Crippen molar-refractivity contribution < 1.29 is 29.0 Å². The number of carbonyl (C=O) groups excluding carboxylic acids is 3. The molecule has 2 bridgehead atoms. The van der Waals surface area contributed by atoms with Gasteiger partial charge in [0, 0.05) is 36.5 Å². The summed E-state index contributed by atoms with van der Waals surface area (Å²) < 4.78 is 4.77. The highest BCUT2D eigenvalue weighted by molar-refractivity contribution is 5.87. The molecule has 2 aliphatic heterocycles. The van der Waals surface area contributed by atoms with Crippen LogP contribution in [0.25, 0.3) is 11.3 Å². The molecular weight excluding hydrogens is 701 g/mol. The second kappa shape index (κ2) is 15.3. The van der Waals surface area contributed by atoms with Crippen LogP contribution < -0.4 is 10.6 Å². The molecule has 8 rings (SSSR count). The number of alkyl carbamates (subject to hydrolysis) is 1. The molecule has 4 amide bonds. The Morgan fingerprint density at radius 1 is 0.764 bits per heavy atom. The fourth-order valence-corrected chi connectivity index (χ4v) is 9.76. The number of methoxy groups -OCH3 is 1. The van der Waals surface area contributed by atoms with E-state index in [0.717, 1.165) is 92.8 Å². The largest absolute Gasteiger partial charge is 0.465 e. The molecule has 14 nitrogen and oxygen atoms in total. The highest BCUT2D eigenvalue weighted by Gasteiger charge is 2.51. The lowest BCUT2D eigenvalue weighted by Crippen LogP contribution is -2.51. The molecule has 296 valence electrons. The van der Waals surface area contributed by atoms with E-state index in [1.54, 1.807) is 4.90 Å². The molecule has 5 fully saturated rings. The Morgan fingerprint density at radius 3 is 1.80 bits per heavy atom. The fraction of sp³-hybridized carbons (Fsp3) is 0.610. The van der Waals surface area contributed by atoms with E-state index in [2.05, 4.69) is 51.1 Å². The van der Waals surface area contributed by atoms with Gasteiger partial charge in [0.2, 0.25) is 11.8 Å². The number of hydrogen-bond acceptors (Lipinski definition) is 7. The summed E-state index contributed by atoms with van der Waals surface area (Å²) in [6.45, 7) is 8.74.